The molecule has 23 heavy (non-hydrogen) atoms. The molecule has 0 aliphatic rings. The Balaban J connectivity index is 2.21. The number of carbonyl (C=O) groups is 1. The molecule has 0 bridgehead atoms. The second-order valence-corrected chi connectivity index (χ2v) is 7.02. The average molecular weight is 339 g/mol. The normalized spacial score (nSPS) is 11.5. The summed E-state index contributed by atoms with van der Waals surface area (Å²) in [6, 6.07) is 10.1. The van der Waals surface area contributed by atoms with E-state index in [0.717, 1.165) is 23.3 Å². The minimum absolute atomic E-state index is 0.323. The molecule has 0 aliphatic carbocycles. The number of anilines is 1. The molecule has 0 aliphatic heterocycles. The molecule has 0 fully saturated rings. The lowest BCUT2D eigenvalue weighted by molar-refractivity contribution is 0.102. The summed E-state index contributed by atoms with van der Waals surface area (Å²) in [5.41, 5.74) is 2.54. The van der Waals surface area contributed by atoms with Crippen LogP contribution in [0.3, 0.4) is 0 Å². The maximum absolute atomic E-state index is 12.5. The largest absolute Gasteiger partial charge is 0.341 e. The molecule has 0 aromatic heterocycles. The molecule has 0 radical (unpaired) electrons. The lowest BCUT2D eigenvalue weighted by atomic mass is 10.1. The van der Waals surface area contributed by atoms with Crippen LogP contribution in [0.2, 0.25) is 0 Å². The lowest BCUT2D eigenvalue weighted by Gasteiger charge is -2.09. The van der Waals surface area contributed by atoms with Gasteiger partial charge in [-0.1, -0.05) is 17.7 Å². The van der Waals surface area contributed by atoms with Crippen LogP contribution >= 0.6 is 0 Å². The molecular formula is C16H15F2NO3S. The molecule has 0 saturated heterocycles. The van der Waals surface area contributed by atoms with Crippen molar-refractivity contribution in [3.8, 4) is 0 Å². The molecule has 1 amide bonds. The van der Waals surface area contributed by atoms with Gasteiger partial charge in [-0.05, 0) is 49.7 Å². The minimum atomic E-state index is -4.63. The zero-order valence-electron chi connectivity index (χ0n) is 12.5. The van der Waals surface area contributed by atoms with Crippen LogP contribution in [-0.2, 0) is 9.84 Å². The zero-order chi connectivity index (χ0) is 17.2. The van der Waals surface area contributed by atoms with Crippen molar-refractivity contribution in [3.63, 3.8) is 0 Å². The first kappa shape index (κ1) is 17.1. The summed E-state index contributed by atoms with van der Waals surface area (Å²) in [4.78, 5) is 11.7. The minimum Gasteiger partial charge on any atom is -0.322 e. The van der Waals surface area contributed by atoms with Gasteiger partial charge in [-0.25, -0.2) is 8.42 Å². The summed E-state index contributed by atoms with van der Waals surface area (Å²) in [5, 5.41) is 2.61. The van der Waals surface area contributed by atoms with Crippen molar-refractivity contribution in [1.29, 1.82) is 0 Å². The number of aryl methyl sites for hydroxylation is 2. The summed E-state index contributed by atoms with van der Waals surface area (Å²) >= 11 is 0. The van der Waals surface area contributed by atoms with Gasteiger partial charge in [0.2, 0.25) is 9.84 Å². The zero-order valence-corrected chi connectivity index (χ0v) is 13.3. The molecule has 7 heteroatoms. The van der Waals surface area contributed by atoms with Crippen molar-refractivity contribution in [2.75, 3.05) is 5.32 Å². The third kappa shape index (κ3) is 3.73. The van der Waals surface area contributed by atoms with Crippen LogP contribution in [0.25, 0.3) is 0 Å². The predicted molar refractivity (Wildman–Crippen MR) is 83.5 cm³/mol. The number of sulfone groups is 1. The van der Waals surface area contributed by atoms with Gasteiger partial charge in [-0.15, -0.1) is 0 Å². The SMILES string of the molecule is Cc1ccc(C)c(C(=O)Nc2ccc(S(=O)(=O)C(F)F)cc2)c1. The van der Waals surface area contributed by atoms with E-state index in [-0.39, 0.29) is 5.91 Å². The summed E-state index contributed by atoms with van der Waals surface area (Å²) < 4.78 is 47.6. The van der Waals surface area contributed by atoms with E-state index in [2.05, 4.69) is 5.32 Å². The number of alkyl halides is 2. The first-order chi connectivity index (χ1) is 10.7. The fraction of sp³-hybridized carbons (Fsp3) is 0.188. The van der Waals surface area contributed by atoms with E-state index in [9.17, 15) is 22.0 Å². The summed E-state index contributed by atoms with van der Waals surface area (Å²) in [6.07, 6.45) is 0. The van der Waals surface area contributed by atoms with Crippen molar-refractivity contribution in [1.82, 2.24) is 0 Å². The highest BCUT2D eigenvalue weighted by molar-refractivity contribution is 7.91. The van der Waals surface area contributed by atoms with Crippen LogP contribution in [0.4, 0.5) is 14.5 Å². The molecule has 2 rings (SSSR count). The Hall–Kier alpha value is -2.28. The summed E-state index contributed by atoms with van der Waals surface area (Å²) in [5.74, 6) is -3.83. The summed E-state index contributed by atoms with van der Waals surface area (Å²) in [6.45, 7) is 3.66. The van der Waals surface area contributed by atoms with Crippen LogP contribution in [0.5, 0.6) is 0 Å². The monoisotopic (exact) mass is 339 g/mol. The molecule has 0 unspecified atom stereocenters. The van der Waals surface area contributed by atoms with Gasteiger partial charge in [0.05, 0.1) is 4.90 Å². The first-order valence-corrected chi connectivity index (χ1v) is 8.27. The van der Waals surface area contributed by atoms with Crippen LogP contribution in [0, 0.1) is 13.8 Å². The van der Waals surface area contributed by atoms with Gasteiger partial charge in [0.15, 0.2) is 0 Å². The molecule has 0 heterocycles. The van der Waals surface area contributed by atoms with Crippen LogP contribution in [0.15, 0.2) is 47.4 Å². The molecule has 4 nitrogen and oxygen atoms in total. The fourth-order valence-corrected chi connectivity index (χ4v) is 2.73. The third-order valence-corrected chi connectivity index (χ3v) is 4.71. The number of hydrogen-bond acceptors (Lipinski definition) is 3. The fourth-order valence-electron chi connectivity index (χ4n) is 2.01. The van der Waals surface area contributed by atoms with Crippen molar-refractivity contribution < 1.29 is 22.0 Å². The molecule has 1 N–H and O–H groups in total. The first-order valence-electron chi connectivity index (χ1n) is 6.72. The Bertz CT molecular complexity index is 831. The maximum Gasteiger partial charge on any atom is 0.341 e. The van der Waals surface area contributed by atoms with Crippen LogP contribution in [-0.4, -0.2) is 20.1 Å². The molecule has 2 aromatic rings. The molecule has 0 spiro atoms. The van der Waals surface area contributed by atoms with Gasteiger partial charge < -0.3 is 5.32 Å². The Morgan fingerprint density at radius 3 is 2.22 bits per heavy atom. The Kier molecular flexibility index (Phi) is 4.79. The second kappa shape index (κ2) is 6.45. The highest BCUT2D eigenvalue weighted by atomic mass is 32.2. The van der Waals surface area contributed by atoms with Gasteiger partial charge in [-0.3, -0.25) is 4.79 Å². The van der Waals surface area contributed by atoms with E-state index >= 15 is 0 Å². The van der Waals surface area contributed by atoms with Crippen molar-refractivity contribution in [2.45, 2.75) is 24.5 Å². The summed E-state index contributed by atoms with van der Waals surface area (Å²) in [7, 11) is -4.63. The Labute approximate surface area is 133 Å². The number of carbonyl (C=O) groups excluding carboxylic acids is 1. The topological polar surface area (TPSA) is 63.2 Å². The molecule has 2 aromatic carbocycles. The number of nitrogens with one attached hydrogen (secondary N) is 1. The Morgan fingerprint density at radius 1 is 1.04 bits per heavy atom. The number of amides is 1. The molecular weight excluding hydrogens is 324 g/mol. The predicted octanol–water partition coefficient (Wildman–Crippen LogP) is 3.55. The molecule has 122 valence electrons. The average Bonchev–Trinajstić information content (AvgIpc) is 2.50. The van der Waals surface area contributed by atoms with E-state index in [0.29, 0.717) is 11.3 Å². The maximum atomic E-state index is 12.5. The van der Waals surface area contributed by atoms with Gasteiger partial charge in [-0.2, -0.15) is 8.78 Å². The highest BCUT2D eigenvalue weighted by Gasteiger charge is 2.26. The van der Waals surface area contributed by atoms with E-state index in [1.807, 2.05) is 19.1 Å². The standard InChI is InChI=1S/C16H15F2NO3S/c1-10-3-4-11(2)14(9-10)15(20)19-12-5-7-13(8-6-12)23(21,22)16(17)18/h3-9,16H,1-2H3,(H,19,20). The van der Waals surface area contributed by atoms with E-state index in [1.54, 1.807) is 13.0 Å². The number of benzene rings is 2. The van der Waals surface area contributed by atoms with Crippen molar-refractivity contribution in [3.05, 3.63) is 59.2 Å². The van der Waals surface area contributed by atoms with Crippen LogP contribution < -0.4 is 5.32 Å². The van der Waals surface area contributed by atoms with Crippen molar-refractivity contribution >= 4 is 21.4 Å². The van der Waals surface area contributed by atoms with E-state index in [4.69, 9.17) is 0 Å². The third-order valence-electron chi connectivity index (χ3n) is 3.31. The Morgan fingerprint density at radius 2 is 1.65 bits per heavy atom. The number of hydrogen-bond donors (Lipinski definition) is 1. The quantitative estimate of drug-likeness (QED) is 0.926. The van der Waals surface area contributed by atoms with Gasteiger partial charge in [0.25, 0.3) is 5.91 Å². The second-order valence-electron chi connectivity index (χ2n) is 5.10. The van der Waals surface area contributed by atoms with Crippen LogP contribution in [0.1, 0.15) is 21.5 Å². The van der Waals surface area contributed by atoms with Gasteiger partial charge >= 0.3 is 5.76 Å². The van der Waals surface area contributed by atoms with E-state index in [1.165, 1.54) is 12.1 Å². The number of rotatable bonds is 4. The molecule has 0 saturated carbocycles. The van der Waals surface area contributed by atoms with Gasteiger partial charge in [0.1, 0.15) is 0 Å². The van der Waals surface area contributed by atoms with E-state index < -0.39 is 20.5 Å². The smallest absolute Gasteiger partial charge is 0.322 e. The lowest BCUT2D eigenvalue weighted by Crippen LogP contribution is -2.14. The van der Waals surface area contributed by atoms with Crippen molar-refractivity contribution in [2.24, 2.45) is 0 Å². The number of halogens is 2. The molecule has 0 atom stereocenters. The van der Waals surface area contributed by atoms with Gasteiger partial charge in [0, 0.05) is 11.3 Å². The highest BCUT2D eigenvalue weighted by Crippen LogP contribution is 2.21.